The van der Waals surface area contributed by atoms with Crippen LogP contribution in [0.2, 0.25) is 10.0 Å². The molecule has 1 amide bonds. The van der Waals surface area contributed by atoms with E-state index in [0.717, 1.165) is 50.9 Å². The van der Waals surface area contributed by atoms with E-state index < -0.39 is 0 Å². The van der Waals surface area contributed by atoms with Crippen molar-refractivity contribution in [1.82, 2.24) is 9.80 Å². The van der Waals surface area contributed by atoms with Gasteiger partial charge >= 0.3 is 5.97 Å². The lowest BCUT2D eigenvalue weighted by molar-refractivity contribution is -0.135. The summed E-state index contributed by atoms with van der Waals surface area (Å²) in [6.45, 7) is 13.3. The molecule has 1 aliphatic heterocycles. The molecule has 210 valence electrons. The molecule has 1 aliphatic carbocycles. The average molecular weight is 572 g/mol. The number of rotatable bonds is 9. The minimum absolute atomic E-state index is 0.101. The lowest BCUT2D eigenvalue weighted by Gasteiger charge is -2.54. The Bertz CT molecular complexity index is 1200. The highest BCUT2D eigenvalue weighted by molar-refractivity contribution is 6.42. The van der Waals surface area contributed by atoms with Gasteiger partial charge in [-0.3, -0.25) is 14.5 Å². The summed E-state index contributed by atoms with van der Waals surface area (Å²) < 4.78 is 5.48. The molecular formula is C32H40Cl2N2O3. The van der Waals surface area contributed by atoms with Crippen LogP contribution >= 0.6 is 23.2 Å². The van der Waals surface area contributed by atoms with Gasteiger partial charge in [-0.2, -0.15) is 0 Å². The third-order valence-electron chi connectivity index (χ3n) is 8.30. The summed E-state index contributed by atoms with van der Waals surface area (Å²) in [5.74, 6) is 1.18. The number of fused-ring (bicyclic) bond motifs is 1. The van der Waals surface area contributed by atoms with Crippen LogP contribution < -0.4 is 4.74 Å². The second-order valence-corrected chi connectivity index (χ2v) is 12.4. The van der Waals surface area contributed by atoms with Crippen molar-refractivity contribution >= 4 is 35.1 Å². The first-order valence-electron chi connectivity index (χ1n) is 14.0. The third kappa shape index (κ3) is 7.06. The van der Waals surface area contributed by atoms with Crippen molar-refractivity contribution in [3.63, 3.8) is 0 Å². The number of ether oxygens (including phenoxy) is 1. The van der Waals surface area contributed by atoms with Gasteiger partial charge in [0.15, 0.2) is 0 Å². The molecule has 39 heavy (non-hydrogen) atoms. The topological polar surface area (TPSA) is 49.9 Å². The van der Waals surface area contributed by atoms with Gasteiger partial charge in [-0.05, 0) is 79.5 Å². The van der Waals surface area contributed by atoms with E-state index >= 15 is 0 Å². The van der Waals surface area contributed by atoms with Crippen molar-refractivity contribution in [2.45, 2.75) is 64.3 Å². The normalized spacial score (nSPS) is 23.2. The highest BCUT2D eigenvalue weighted by Gasteiger charge is 2.49. The van der Waals surface area contributed by atoms with Gasteiger partial charge in [0.1, 0.15) is 5.75 Å². The SMILES string of the molecule is C=CCN1CCC2(c3cccc(OC(C)=O)c3)CC(N(CC(C)C)C(=O)Cc3ccc(Cl)c(Cl)c3)CCC2C1. The van der Waals surface area contributed by atoms with Crippen molar-refractivity contribution in [2.75, 3.05) is 26.2 Å². The lowest BCUT2D eigenvalue weighted by Crippen LogP contribution is -2.57. The Hall–Kier alpha value is -2.34. The van der Waals surface area contributed by atoms with Crippen molar-refractivity contribution in [3.8, 4) is 5.75 Å². The zero-order chi connectivity index (χ0) is 28.2. The summed E-state index contributed by atoms with van der Waals surface area (Å²) in [5, 5.41) is 0.960. The fourth-order valence-corrected chi connectivity index (χ4v) is 6.93. The summed E-state index contributed by atoms with van der Waals surface area (Å²) in [6, 6.07) is 13.6. The molecule has 1 saturated carbocycles. The Labute approximate surface area is 243 Å². The predicted octanol–water partition coefficient (Wildman–Crippen LogP) is 6.94. The molecule has 2 aliphatic rings. The van der Waals surface area contributed by atoms with Gasteiger partial charge in [-0.1, -0.05) is 61.3 Å². The van der Waals surface area contributed by atoms with Gasteiger partial charge in [-0.25, -0.2) is 0 Å². The van der Waals surface area contributed by atoms with E-state index in [-0.39, 0.29) is 23.3 Å². The van der Waals surface area contributed by atoms with E-state index in [1.54, 1.807) is 12.1 Å². The number of hydrogen-bond acceptors (Lipinski definition) is 4. The minimum atomic E-state index is -0.320. The molecule has 7 heteroatoms. The van der Waals surface area contributed by atoms with Crippen LogP contribution in [0.15, 0.2) is 55.1 Å². The number of benzene rings is 2. The second-order valence-electron chi connectivity index (χ2n) is 11.6. The van der Waals surface area contributed by atoms with Crippen molar-refractivity contribution in [1.29, 1.82) is 0 Å². The van der Waals surface area contributed by atoms with Crippen LogP contribution in [-0.4, -0.2) is 53.9 Å². The Morgan fingerprint density at radius 3 is 2.67 bits per heavy atom. The number of amides is 1. The van der Waals surface area contributed by atoms with Gasteiger partial charge in [-0.15, -0.1) is 6.58 Å². The van der Waals surface area contributed by atoms with E-state index in [0.29, 0.717) is 40.6 Å². The van der Waals surface area contributed by atoms with Gasteiger partial charge in [0.2, 0.25) is 5.91 Å². The molecule has 0 aromatic heterocycles. The average Bonchev–Trinajstić information content (AvgIpc) is 2.89. The Morgan fingerprint density at radius 2 is 1.97 bits per heavy atom. The first-order chi connectivity index (χ1) is 18.6. The Morgan fingerprint density at radius 1 is 1.18 bits per heavy atom. The van der Waals surface area contributed by atoms with Crippen molar-refractivity contribution < 1.29 is 14.3 Å². The predicted molar refractivity (Wildman–Crippen MR) is 159 cm³/mol. The zero-order valence-corrected chi connectivity index (χ0v) is 24.8. The van der Waals surface area contributed by atoms with E-state index in [1.165, 1.54) is 12.5 Å². The van der Waals surface area contributed by atoms with Crippen LogP contribution in [0.5, 0.6) is 5.75 Å². The standard InChI is InChI=1S/C32H40Cl2N2O3/c1-5-14-35-15-13-32(25-7-6-8-28(18-25)39-23(4)37)19-27(11-10-26(32)21-35)36(20-22(2)3)31(38)17-24-9-12-29(33)30(34)16-24/h5-9,12,16,18,22,26-27H,1,10-11,13-15,17,19-21H2,2-4H3. The Balaban J connectivity index is 1.65. The fourth-order valence-electron chi connectivity index (χ4n) is 6.61. The summed E-state index contributed by atoms with van der Waals surface area (Å²) >= 11 is 12.4. The zero-order valence-electron chi connectivity index (χ0n) is 23.3. The van der Waals surface area contributed by atoms with E-state index in [1.807, 2.05) is 30.3 Å². The second kappa shape index (κ2) is 12.9. The number of hydrogen-bond donors (Lipinski definition) is 0. The molecule has 5 nitrogen and oxygen atoms in total. The quantitative estimate of drug-likeness (QED) is 0.186. The minimum Gasteiger partial charge on any atom is -0.427 e. The molecule has 2 fully saturated rings. The number of esters is 1. The maximum absolute atomic E-state index is 13.8. The van der Waals surface area contributed by atoms with Crippen LogP contribution in [0.1, 0.15) is 57.6 Å². The molecule has 3 unspecified atom stereocenters. The third-order valence-corrected chi connectivity index (χ3v) is 9.04. The molecule has 0 radical (unpaired) electrons. The number of piperidine rings is 1. The molecule has 2 aromatic carbocycles. The van der Waals surface area contributed by atoms with Crippen LogP contribution in [0, 0.1) is 11.8 Å². The Kier molecular flexibility index (Phi) is 9.79. The molecule has 1 heterocycles. The molecule has 3 atom stereocenters. The monoisotopic (exact) mass is 570 g/mol. The molecule has 2 aromatic rings. The number of carbonyl (C=O) groups excluding carboxylic acids is 2. The lowest BCUT2D eigenvalue weighted by atomic mass is 9.57. The highest BCUT2D eigenvalue weighted by atomic mass is 35.5. The van der Waals surface area contributed by atoms with Gasteiger partial charge < -0.3 is 9.64 Å². The smallest absolute Gasteiger partial charge is 0.308 e. The van der Waals surface area contributed by atoms with Crippen molar-refractivity contribution in [3.05, 3.63) is 76.3 Å². The number of halogens is 2. The summed E-state index contributed by atoms with van der Waals surface area (Å²) in [7, 11) is 0. The molecule has 0 bridgehead atoms. The largest absolute Gasteiger partial charge is 0.427 e. The van der Waals surface area contributed by atoms with E-state index in [4.69, 9.17) is 27.9 Å². The highest BCUT2D eigenvalue weighted by Crippen LogP contribution is 2.50. The van der Waals surface area contributed by atoms with Crippen LogP contribution in [0.3, 0.4) is 0 Å². The first kappa shape index (κ1) is 29.6. The summed E-state index contributed by atoms with van der Waals surface area (Å²) in [4.78, 5) is 30.1. The molecule has 0 N–H and O–H groups in total. The fraction of sp³-hybridized carbons (Fsp3) is 0.500. The molecule has 0 spiro atoms. The number of carbonyl (C=O) groups is 2. The maximum atomic E-state index is 13.8. The first-order valence-corrected chi connectivity index (χ1v) is 14.7. The van der Waals surface area contributed by atoms with E-state index in [9.17, 15) is 9.59 Å². The van der Waals surface area contributed by atoms with Crippen LogP contribution in [0.25, 0.3) is 0 Å². The molecular weight excluding hydrogens is 531 g/mol. The summed E-state index contributed by atoms with van der Waals surface area (Å²) in [5.41, 5.74) is 1.98. The summed E-state index contributed by atoms with van der Waals surface area (Å²) in [6.07, 6.45) is 6.16. The molecule has 1 saturated heterocycles. The van der Waals surface area contributed by atoms with Gasteiger partial charge in [0.25, 0.3) is 0 Å². The number of nitrogens with zero attached hydrogens (tertiary/aromatic N) is 2. The van der Waals surface area contributed by atoms with Crippen LogP contribution in [-0.2, 0) is 21.4 Å². The maximum Gasteiger partial charge on any atom is 0.308 e. The van der Waals surface area contributed by atoms with E-state index in [2.05, 4.69) is 36.3 Å². The van der Waals surface area contributed by atoms with Crippen molar-refractivity contribution in [2.24, 2.45) is 11.8 Å². The van der Waals surface area contributed by atoms with Gasteiger partial charge in [0.05, 0.1) is 16.5 Å². The van der Waals surface area contributed by atoms with Crippen LogP contribution in [0.4, 0.5) is 0 Å². The number of likely N-dealkylation sites (tertiary alicyclic amines) is 1. The molecule has 4 rings (SSSR count). The van der Waals surface area contributed by atoms with Gasteiger partial charge in [0, 0.05) is 38.0 Å².